The number of halogens is 2. The van der Waals surface area contributed by atoms with Crippen LogP contribution in [-0.4, -0.2) is 9.97 Å². The summed E-state index contributed by atoms with van der Waals surface area (Å²) in [6.45, 7) is 2.03. The summed E-state index contributed by atoms with van der Waals surface area (Å²) < 4.78 is 26.5. The highest BCUT2D eigenvalue weighted by Crippen LogP contribution is 2.39. The molecule has 3 N–H and O–H groups in total. The standard InChI is InChI=1S/C15H16F2N4/c1-8-13(18)20-15(9-2-3-9)21-14(8)19-7-10-4-5-11(16)6-12(10)17/h4-6,9H,2-3,7H2,1H3,(H3,18,19,20,21). The zero-order valence-corrected chi connectivity index (χ0v) is 11.7. The number of nitrogens with two attached hydrogens (primary N) is 1. The molecule has 1 aliphatic rings. The third kappa shape index (κ3) is 2.94. The number of anilines is 2. The van der Waals surface area contributed by atoms with Crippen molar-refractivity contribution < 1.29 is 8.78 Å². The van der Waals surface area contributed by atoms with Gasteiger partial charge in [0.15, 0.2) is 0 Å². The fraction of sp³-hybridized carbons (Fsp3) is 0.333. The van der Waals surface area contributed by atoms with E-state index in [-0.39, 0.29) is 6.54 Å². The van der Waals surface area contributed by atoms with Gasteiger partial charge in [-0.1, -0.05) is 6.07 Å². The fourth-order valence-corrected chi connectivity index (χ4v) is 2.09. The highest BCUT2D eigenvalue weighted by atomic mass is 19.1. The summed E-state index contributed by atoms with van der Waals surface area (Å²) in [6, 6.07) is 3.52. The van der Waals surface area contributed by atoms with Gasteiger partial charge in [-0.2, -0.15) is 0 Å². The van der Waals surface area contributed by atoms with E-state index in [1.165, 1.54) is 12.1 Å². The van der Waals surface area contributed by atoms with E-state index in [1.54, 1.807) is 0 Å². The normalized spacial score (nSPS) is 14.2. The van der Waals surface area contributed by atoms with Crippen LogP contribution in [0.25, 0.3) is 0 Å². The first kappa shape index (κ1) is 13.7. The van der Waals surface area contributed by atoms with E-state index in [4.69, 9.17) is 5.73 Å². The first-order chi connectivity index (χ1) is 10.0. The summed E-state index contributed by atoms with van der Waals surface area (Å²) in [7, 11) is 0. The predicted molar refractivity (Wildman–Crippen MR) is 76.8 cm³/mol. The van der Waals surface area contributed by atoms with Crippen LogP contribution in [0.15, 0.2) is 18.2 Å². The smallest absolute Gasteiger partial charge is 0.136 e. The van der Waals surface area contributed by atoms with Crippen molar-refractivity contribution in [3.63, 3.8) is 0 Å². The van der Waals surface area contributed by atoms with Crippen LogP contribution in [0.3, 0.4) is 0 Å². The molecule has 4 nitrogen and oxygen atoms in total. The van der Waals surface area contributed by atoms with Gasteiger partial charge in [-0.05, 0) is 25.8 Å². The number of rotatable bonds is 4. The Morgan fingerprint density at radius 3 is 2.71 bits per heavy atom. The zero-order valence-electron chi connectivity index (χ0n) is 11.7. The van der Waals surface area contributed by atoms with E-state index in [0.717, 1.165) is 30.3 Å². The average Bonchev–Trinajstić information content (AvgIpc) is 3.26. The maximum absolute atomic E-state index is 13.6. The lowest BCUT2D eigenvalue weighted by Crippen LogP contribution is -2.10. The molecule has 1 aliphatic carbocycles. The van der Waals surface area contributed by atoms with Crippen LogP contribution in [0.1, 0.15) is 35.7 Å². The molecule has 110 valence electrons. The Kier molecular flexibility index (Phi) is 3.45. The molecule has 0 bridgehead atoms. The van der Waals surface area contributed by atoms with Gasteiger partial charge in [-0.25, -0.2) is 18.7 Å². The number of aromatic nitrogens is 2. The van der Waals surface area contributed by atoms with Gasteiger partial charge in [0.25, 0.3) is 0 Å². The van der Waals surface area contributed by atoms with Gasteiger partial charge in [-0.15, -0.1) is 0 Å². The van der Waals surface area contributed by atoms with E-state index in [0.29, 0.717) is 23.1 Å². The van der Waals surface area contributed by atoms with Gasteiger partial charge in [0, 0.05) is 29.7 Å². The van der Waals surface area contributed by atoms with E-state index in [2.05, 4.69) is 15.3 Å². The van der Waals surface area contributed by atoms with Crippen molar-refractivity contribution in [3.8, 4) is 0 Å². The molecule has 1 saturated carbocycles. The van der Waals surface area contributed by atoms with Gasteiger partial charge in [-0.3, -0.25) is 0 Å². The highest BCUT2D eigenvalue weighted by Gasteiger charge is 2.27. The van der Waals surface area contributed by atoms with Crippen molar-refractivity contribution in [3.05, 3.63) is 46.8 Å². The number of hydrogen-bond acceptors (Lipinski definition) is 4. The molecule has 1 fully saturated rings. The van der Waals surface area contributed by atoms with Crippen molar-refractivity contribution in [2.75, 3.05) is 11.1 Å². The maximum atomic E-state index is 13.6. The Morgan fingerprint density at radius 1 is 1.29 bits per heavy atom. The molecule has 1 aromatic heterocycles. The Hall–Kier alpha value is -2.24. The van der Waals surface area contributed by atoms with Crippen LogP contribution < -0.4 is 11.1 Å². The van der Waals surface area contributed by atoms with Crippen molar-refractivity contribution in [2.45, 2.75) is 32.2 Å². The molecule has 0 amide bonds. The molecule has 0 aliphatic heterocycles. The van der Waals surface area contributed by atoms with Crippen LogP contribution in [0.4, 0.5) is 20.4 Å². The first-order valence-corrected chi connectivity index (χ1v) is 6.86. The van der Waals surface area contributed by atoms with E-state index in [9.17, 15) is 8.78 Å². The molecule has 1 heterocycles. The van der Waals surface area contributed by atoms with E-state index >= 15 is 0 Å². The van der Waals surface area contributed by atoms with Crippen LogP contribution in [0, 0.1) is 18.6 Å². The van der Waals surface area contributed by atoms with E-state index < -0.39 is 11.6 Å². The number of nitrogens with one attached hydrogen (secondary N) is 1. The number of benzene rings is 1. The van der Waals surface area contributed by atoms with Gasteiger partial charge in [0.1, 0.15) is 29.1 Å². The lowest BCUT2D eigenvalue weighted by Gasteiger charge is -2.12. The minimum absolute atomic E-state index is 0.216. The van der Waals surface area contributed by atoms with Crippen molar-refractivity contribution >= 4 is 11.6 Å². The van der Waals surface area contributed by atoms with Gasteiger partial charge in [0.2, 0.25) is 0 Å². The van der Waals surface area contributed by atoms with E-state index in [1.807, 2.05) is 6.92 Å². The summed E-state index contributed by atoms with van der Waals surface area (Å²) >= 11 is 0. The third-order valence-corrected chi connectivity index (χ3v) is 3.60. The molecule has 6 heteroatoms. The fourth-order valence-electron chi connectivity index (χ4n) is 2.09. The Balaban J connectivity index is 1.81. The molecule has 0 saturated heterocycles. The Morgan fingerprint density at radius 2 is 2.05 bits per heavy atom. The minimum atomic E-state index is -0.588. The quantitative estimate of drug-likeness (QED) is 0.908. The highest BCUT2D eigenvalue weighted by molar-refractivity contribution is 5.55. The Bertz CT molecular complexity index is 684. The summed E-state index contributed by atoms with van der Waals surface area (Å²) in [5.41, 5.74) is 7.00. The molecule has 0 radical (unpaired) electrons. The first-order valence-electron chi connectivity index (χ1n) is 6.86. The van der Waals surface area contributed by atoms with Gasteiger partial charge < -0.3 is 11.1 Å². The summed E-state index contributed by atoms with van der Waals surface area (Å²) in [5, 5.41) is 3.06. The lowest BCUT2D eigenvalue weighted by atomic mass is 10.2. The zero-order chi connectivity index (χ0) is 15.0. The number of nitrogen functional groups attached to an aromatic ring is 1. The molecule has 3 rings (SSSR count). The van der Waals surface area contributed by atoms with Crippen LogP contribution in [-0.2, 0) is 6.54 Å². The molecule has 0 spiro atoms. The topological polar surface area (TPSA) is 63.8 Å². The monoisotopic (exact) mass is 290 g/mol. The largest absolute Gasteiger partial charge is 0.383 e. The van der Waals surface area contributed by atoms with Crippen LogP contribution in [0.5, 0.6) is 0 Å². The average molecular weight is 290 g/mol. The summed E-state index contributed by atoms with van der Waals surface area (Å²) in [4.78, 5) is 8.74. The lowest BCUT2D eigenvalue weighted by molar-refractivity contribution is 0.574. The van der Waals surface area contributed by atoms with Gasteiger partial charge >= 0.3 is 0 Å². The molecule has 1 aromatic carbocycles. The molecule has 21 heavy (non-hydrogen) atoms. The second-order valence-electron chi connectivity index (χ2n) is 5.30. The van der Waals surface area contributed by atoms with Crippen LogP contribution >= 0.6 is 0 Å². The van der Waals surface area contributed by atoms with Crippen molar-refractivity contribution in [1.29, 1.82) is 0 Å². The summed E-state index contributed by atoms with van der Waals surface area (Å²) in [5.74, 6) is 0.998. The molecule has 2 aromatic rings. The second-order valence-corrected chi connectivity index (χ2v) is 5.30. The molecule has 0 unspecified atom stereocenters. The van der Waals surface area contributed by atoms with Crippen molar-refractivity contribution in [2.24, 2.45) is 0 Å². The van der Waals surface area contributed by atoms with Gasteiger partial charge in [0.05, 0.1) is 0 Å². The number of hydrogen-bond donors (Lipinski definition) is 2. The Labute approximate surface area is 121 Å². The molecule has 0 atom stereocenters. The minimum Gasteiger partial charge on any atom is -0.383 e. The van der Waals surface area contributed by atoms with Crippen LogP contribution in [0.2, 0.25) is 0 Å². The number of nitrogens with zero attached hydrogens (tertiary/aromatic N) is 2. The molecular weight excluding hydrogens is 274 g/mol. The maximum Gasteiger partial charge on any atom is 0.136 e. The predicted octanol–water partition coefficient (Wildman–Crippen LogP) is 3.13. The molecular formula is C15H16F2N4. The summed E-state index contributed by atoms with van der Waals surface area (Å²) in [6.07, 6.45) is 2.16. The second kappa shape index (κ2) is 5.27. The van der Waals surface area contributed by atoms with Crippen molar-refractivity contribution in [1.82, 2.24) is 9.97 Å². The third-order valence-electron chi connectivity index (χ3n) is 3.60. The SMILES string of the molecule is Cc1c(N)nc(C2CC2)nc1NCc1ccc(F)cc1F.